The molecule has 6 nitrogen and oxygen atoms in total. The Morgan fingerprint density at radius 2 is 2.16 bits per heavy atom. The lowest BCUT2D eigenvalue weighted by Gasteiger charge is -2.07. The molecule has 0 bridgehead atoms. The summed E-state index contributed by atoms with van der Waals surface area (Å²) in [6, 6.07) is -0.229. The van der Waals surface area contributed by atoms with Crippen molar-refractivity contribution < 1.29 is 0 Å². The van der Waals surface area contributed by atoms with Gasteiger partial charge in [0.25, 0.3) is 0 Å². The lowest BCUT2D eigenvalue weighted by atomic mass is 10.1. The molecule has 0 radical (unpaired) electrons. The van der Waals surface area contributed by atoms with Crippen LogP contribution in [0.25, 0.3) is 5.52 Å². The van der Waals surface area contributed by atoms with Crippen molar-refractivity contribution in [3.8, 4) is 0 Å². The molecule has 3 aromatic rings. The summed E-state index contributed by atoms with van der Waals surface area (Å²) in [5.41, 5.74) is 9.19. The van der Waals surface area contributed by atoms with Gasteiger partial charge in [-0.2, -0.15) is 10.2 Å². The van der Waals surface area contributed by atoms with E-state index in [1.807, 2.05) is 23.3 Å². The van der Waals surface area contributed by atoms with Crippen LogP contribution in [0, 0.1) is 0 Å². The van der Waals surface area contributed by atoms with Crippen molar-refractivity contribution in [2.75, 3.05) is 0 Å². The molecular formula is C13H16N6. The second-order valence-corrected chi connectivity index (χ2v) is 4.52. The minimum atomic E-state index is -0.229. The number of nitrogens with two attached hydrogens (primary N) is 1. The van der Waals surface area contributed by atoms with Crippen LogP contribution in [-0.4, -0.2) is 24.4 Å². The highest BCUT2D eigenvalue weighted by atomic mass is 15.3. The Kier molecular flexibility index (Phi) is 3.00. The average molecular weight is 256 g/mol. The fourth-order valence-corrected chi connectivity index (χ4v) is 2.16. The van der Waals surface area contributed by atoms with E-state index in [1.54, 1.807) is 23.1 Å². The maximum atomic E-state index is 6.30. The van der Waals surface area contributed by atoms with Crippen LogP contribution in [0.5, 0.6) is 0 Å². The van der Waals surface area contributed by atoms with E-state index in [2.05, 4.69) is 22.1 Å². The van der Waals surface area contributed by atoms with Crippen LogP contribution in [0.4, 0.5) is 0 Å². The van der Waals surface area contributed by atoms with E-state index in [9.17, 15) is 0 Å². The predicted octanol–water partition coefficient (Wildman–Crippen LogP) is 1.38. The molecule has 0 aliphatic carbocycles. The fourth-order valence-electron chi connectivity index (χ4n) is 2.16. The van der Waals surface area contributed by atoms with E-state index >= 15 is 0 Å². The highest BCUT2D eigenvalue weighted by Crippen LogP contribution is 2.22. The number of hydrogen-bond donors (Lipinski definition) is 1. The highest BCUT2D eigenvalue weighted by molar-refractivity contribution is 5.55. The number of aryl methyl sites for hydroxylation is 1. The van der Waals surface area contributed by atoms with Gasteiger partial charge in [0.1, 0.15) is 0 Å². The van der Waals surface area contributed by atoms with Crippen LogP contribution >= 0.6 is 0 Å². The van der Waals surface area contributed by atoms with Crippen LogP contribution < -0.4 is 5.73 Å². The summed E-state index contributed by atoms with van der Waals surface area (Å²) < 4.78 is 3.69. The van der Waals surface area contributed by atoms with Gasteiger partial charge in [-0.3, -0.25) is 9.67 Å². The van der Waals surface area contributed by atoms with Crippen molar-refractivity contribution in [2.24, 2.45) is 5.73 Å². The van der Waals surface area contributed by atoms with E-state index < -0.39 is 0 Å². The highest BCUT2D eigenvalue weighted by Gasteiger charge is 2.16. The standard InChI is InChI=1S/C13H16N6/c1-2-4-18-9-10(6-16-18)13(14)11-7-17-19-5-3-15-8-12(11)19/h3,5-9,13H,2,4,14H2,1H3. The summed E-state index contributed by atoms with van der Waals surface area (Å²) in [4.78, 5) is 4.12. The maximum Gasteiger partial charge on any atom is 0.0896 e. The first-order valence-corrected chi connectivity index (χ1v) is 6.34. The first-order valence-electron chi connectivity index (χ1n) is 6.34. The molecule has 0 aromatic carbocycles. The summed E-state index contributed by atoms with van der Waals surface area (Å²) >= 11 is 0. The Bertz CT molecular complexity index is 683. The molecule has 3 aromatic heterocycles. The second kappa shape index (κ2) is 4.81. The molecule has 0 saturated carbocycles. The van der Waals surface area contributed by atoms with Crippen molar-refractivity contribution in [3.05, 3.63) is 48.3 Å². The molecule has 98 valence electrons. The van der Waals surface area contributed by atoms with Crippen LogP contribution in [0.1, 0.15) is 30.5 Å². The molecule has 3 heterocycles. The number of aromatic nitrogens is 5. The Balaban J connectivity index is 1.96. The van der Waals surface area contributed by atoms with Gasteiger partial charge in [0.05, 0.1) is 30.1 Å². The van der Waals surface area contributed by atoms with Crippen molar-refractivity contribution in [1.29, 1.82) is 0 Å². The Morgan fingerprint density at radius 1 is 1.26 bits per heavy atom. The molecule has 19 heavy (non-hydrogen) atoms. The normalized spacial score (nSPS) is 12.9. The van der Waals surface area contributed by atoms with Gasteiger partial charge in [-0.25, -0.2) is 4.52 Å². The molecule has 2 N–H and O–H groups in total. The Hall–Kier alpha value is -2.21. The summed E-state index contributed by atoms with van der Waals surface area (Å²) in [6.45, 7) is 3.03. The molecule has 0 spiro atoms. The number of fused-ring (bicyclic) bond motifs is 1. The van der Waals surface area contributed by atoms with Crippen LogP contribution in [0.2, 0.25) is 0 Å². The third kappa shape index (κ3) is 2.10. The van der Waals surface area contributed by atoms with Gasteiger partial charge in [-0.05, 0) is 6.42 Å². The van der Waals surface area contributed by atoms with Crippen molar-refractivity contribution in [3.63, 3.8) is 0 Å². The third-order valence-electron chi connectivity index (χ3n) is 3.15. The predicted molar refractivity (Wildman–Crippen MR) is 71.5 cm³/mol. The van der Waals surface area contributed by atoms with Gasteiger partial charge in [-0.15, -0.1) is 0 Å². The summed E-state index contributed by atoms with van der Waals surface area (Å²) in [5, 5.41) is 8.59. The monoisotopic (exact) mass is 256 g/mol. The molecule has 0 saturated heterocycles. The fraction of sp³-hybridized carbons (Fsp3) is 0.308. The first kappa shape index (κ1) is 11.9. The topological polar surface area (TPSA) is 74.0 Å². The number of hydrogen-bond acceptors (Lipinski definition) is 4. The minimum absolute atomic E-state index is 0.229. The molecule has 0 amide bonds. The molecule has 0 aliphatic heterocycles. The zero-order valence-corrected chi connectivity index (χ0v) is 10.8. The largest absolute Gasteiger partial charge is 0.320 e. The zero-order chi connectivity index (χ0) is 13.2. The van der Waals surface area contributed by atoms with Crippen molar-refractivity contribution >= 4 is 5.52 Å². The third-order valence-corrected chi connectivity index (χ3v) is 3.15. The molecule has 0 fully saturated rings. The Labute approximate surface area is 110 Å². The van der Waals surface area contributed by atoms with Crippen molar-refractivity contribution in [1.82, 2.24) is 24.4 Å². The summed E-state index contributed by atoms with van der Waals surface area (Å²) in [7, 11) is 0. The Morgan fingerprint density at radius 3 is 3.00 bits per heavy atom. The lowest BCUT2D eigenvalue weighted by molar-refractivity contribution is 0.602. The van der Waals surface area contributed by atoms with Gasteiger partial charge in [0.15, 0.2) is 0 Å². The number of nitrogens with zero attached hydrogens (tertiary/aromatic N) is 5. The molecule has 6 heteroatoms. The van der Waals surface area contributed by atoms with Gasteiger partial charge in [0.2, 0.25) is 0 Å². The zero-order valence-electron chi connectivity index (χ0n) is 10.8. The molecular weight excluding hydrogens is 240 g/mol. The molecule has 1 atom stereocenters. The lowest BCUT2D eigenvalue weighted by Crippen LogP contribution is -2.11. The average Bonchev–Trinajstić information content (AvgIpc) is 3.05. The van der Waals surface area contributed by atoms with Crippen LogP contribution in [-0.2, 0) is 6.54 Å². The maximum absolute atomic E-state index is 6.30. The van der Waals surface area contributed by atoms with E-state index in [1.165, 1.54) is 0 Å². The SMILES string of the molecule is CCCn1cc(C(N)c2cnn3ccncc23)cn1. The quantitative estimate of drug-likeness (QED) is 0.765. The van der Waals surface area contributed by atoms with Crippen LogP contribution in [0.15, 0.2) is 37.2 Å². The second-order valence-electron chi connectivity index (χ2n) is 4.52. The number of rotatable bonds is 4. The first-order chi connectivity index (χ1) is 9.29. The smallest absolute Gasteiger partial charge is 0.0896 e. The van der Waals surface area contributed by atoms with Gasteiger partial charge >= 0.3 is 0 Å². The summed E-state index contributed by atoms with van der Waals surface area (Å²) in [6.07, 6.45) is 11.9. The minimum Gasteiger partial charge on any atom is -0.320 e. The summed E-state index contributed by atoms with van der Waals surface area (Å²) in [5.74, 6) is 0. The van der Waals surface area contributed by atoms with Crippen LogP contribution in [0.3, 0.4) is 0 Å². The molecule has 1 unspecified atom stereocenters. The molecule has 3 rings (SSSR count). The van der Waals surface area contributed by atoms with E-state index in [4.69, 9.17) is 5.73 Å². The van der Waals surface area contributed by atoms with Gasteiger partial charge in [-0.1, -0.05) is 6.92 Å². The van der Waals surface area contributed by atoms with E-state index in [0.29, 0.717) is 0 Å². The van der Waals surface area contributed by atoms with Crippen molar-refractivity contribution in [2.45, 2.75) is 25.9 Å². The molecule has 0 aliphatic rings. The van der Waals surface area contributed by atoms with Gasteiger partial charge < -0.3 is 5.73 Å². The van der Waals surface area contributed by atoms with E-state index in [0.717, 1.165) is 29.6 Å². The van der Waals surface area contributed by atoms with E-state index in [-0.39, 0.29) is 6.04 Å². The van der Waals surface area contributed by atoms with Gasteiger partial charge in [0, 0.05) is 36.3 Å².